The maximum Gasteiger partial charge on any atom is 0.408 e. The van der Waals surface area contributed by atoms with Crippen molar-refractivity contribution in [2.45, 2.75) is 37.8 Å². The predicted octanol–water partition coefficient (Wildman–Crippen LogP) is 3.83. The SMILES string of the molecule is N#CC[C@H]1CN(c2nc(Cl)nc3c2C(C(F)(F)F)N(Cc2ccccc2)C3)CCN1C(=O)O. The number of carboxylic acid groups (broad SMARTS) is 1. The summed E-state index contributed by atoms with van der Waals surface area (Å²) in [4.78, 5) is 23.8. The number of hydrogen-bond acceptors (Lipinski definition) is 6. The molecule has 4 rings (SSSR count). The number of aromatic nitrogens is 2. The number of amides is 1. The van der Waals surface area contributed by atoms with Gasteiger partial charge in [-0.25, -0.2) is 14.8 Å². The average Bonchev–Trinajstić information content (AvgIpc) is 3.11. The van der Waals surface area contributed by atoms with Crippen LogP contribution in [-0.4, -0.2) is 62.8 Å². The lowest BCUT2D eigenvalue weighted by molar-refractivity contribution is -0.185. The van der Waals surface area contributed by atoms with Gasteiger partial charge in [-0.2, -0.15) is 18.4 Å². The van der Waals surface area contributed by atoms with Crippen LogP contribution in [0.3, 0.4) is 0 Å². The minimum absolute atomic E-state index is 0.0302. The van der Waals surface area contributed by atoms with E-state index in [1.807, 2.05) is 6.07 Å². The van der Waals surface area contributed by atoms with Crippen LogP contribution in [0, 0.1) is 11.3 Å². The Morgan fingerprint density at radius 3 is 2.61 bits per heavy atom. The summed E-state index contributed by atoms with van der Waals surface area (Å²) in [6.45, 7) is 0.186. The highest BCUT2D eigenvalue weighted by atomic mass is 35.5. The highest BCUT2D eigenvalue weighted by Gasteiger charge is 2.52. The molecule has 1 fully saturated rings. The molecule has 0 spiro atoms. The first-order chi connectivity index (χ1) is 15.7. The fourth-order valence-electron chi connectivity index (χ4n) is 4.50. The van der Waals surface area contributed by atoms with Gasteiger partial charge in [-0.15, -0.1) is 0 Å². The van der Waals surface area contributed by atoms with Gasteiger partial charge in [0.15, 0.2) is 0 Å². The molecule has 2 aliphatic rings. The topological polar surface area (TPSA) is 96.6 Å². The zero-order valence-corrected chi connectivity index (χ0v) is 18.1. The summed E-state index contributed by atoms with van der Waals surface area (Å²) in [6, 6.07) is 8.15. The van der Waals surface area contributed by atoms with Crippen molar-refractivity contribution in [3.63, 3.8) is 0 Å². The van der Waals surface area contributed by atoms with Crippen molar-refractivity contribution < 1.29 is 23.1 Å². The van der Waals surface area contributed by atoms with Crippen molar-refractivity contribution in [3.05, 3.63) is 52.4 Å². The minimum Gasteiger partial charge on any atom is -0.465 e. The fraction of sp³-hybridized carbons (Fsp3) is 0.429. The number of nitrogens with zero attached hydrogens (tertiary/aromatic N) is 6. The Morgan fingerprint density at radius 2 is 1.97 bits per heavy atom. The van der Waals surface area contributed by atoms with E-state index in [1.165, 1.54) is 4.90 Å². The van der Waals surface area contributed by atoms with Gasteiger partial charge < -0.3 is 14.9 Å². The Bertz CT molecular complexity index is 1080. The van der Waals surface area contributed by atoms with Crippen LogP contribution >= 0.6 is 11.6 Å². The molecule has 8 nitrogen and oxygen atoms in total. The number of hydrogen-bond donors (Lipinski definition) is 1. The normalized spacial score (nSPS) is 21.1. The van der Waals surface area contributed by atoms with Gasteiger partial charge in [0.2, 0.25) is 5.28 Å². The van der Waals surface area contributed by atoms with Gasteiger partial charge >= 0.3 is 12.3 Å². The molecular formula is C21H20ClF3N6O2. The number of carbonyl (C=O) groups is 1. The number of fused-ring (bicyclic) bond motifs is 1. The molecule has 33 heavy (non-hydrogen) atoms. The lowest BCUT2D eigenvalue weighted by atomic mass is 10.0. The first kappa shape index (κ1) is 23.1. The molecule has 1 unspecified atom stereocenters. The van der Waals surface area contributed by atoms with Gasteiger partial charge in [-0.1, -0.05) is 30.3 Å². The summed E-state index contributed by atoms with van der Waals surface area (Å²) < 4.78 is 43.0. The van der Waals surface area contributed by atoms with Crippen molar-refractivity contribution in [3.8, 4) is 6.07 Å². The van der Waals surface area contributed by atoms with E-state index in [0.717, 1.165) is 10.5 Å². The quantitative estimate of drug-likeness (QED) is 0.664. The second kappa shape index (κ2) is 9.03. The van der Waals surface area contributed by atoms with E-state index in [2.05, 4.69) is 9.97 Å². The highest BCUT2D eigenvalue weighted by molar-refractivity contribution is 6.28. The van der Waals surface area contributed by atoms with Gasteiger partial charge in [0.05, 0.1) is 24.2 Å². The lowest BCUT2D eigenvalue weighted by Gasteiger charge is -2.40. The molecule has 2 aromatic rings. The van der Waals surface area contributed by atoms with Crippen LogP contribution < -0.4 is 4.90 Å². The van der Waals surface area contributed by atoms with Crippen molar-refractivity contribution >= 4 is 23.5 Å². The first-order valence-electron chi connectivity index (χ1n) is 10.2. The molecule has 0 radical (unpaired) electrons. The van der Waals surface area contributed by atoms with Gasteiger partial charge in [-0.3, -0.25) is 4.90 Å². The minimum atomic E-state index is -4.60. The molecule has 1 saturated heterocycles. The summed E-state index contributed by atoms with van der Waals surface area (Å²) >= 11 is 6.09. The first-order valence-corrected chi connectivity index (χ1v) is 10.6. The maximum absolute atomic E-state index is 14.3. The monoisotopic (exact) mass is 480 g/mol. The molecule has 12 heteroatoms. The van der Waals surface area contributed by atoms with Crippen molar-refractivity contribution in [1.29, 1.82) is 5.26 Å². The van der Waals surface area contributed by atoms with E-state index in [0.29, 0.717) is 0 Å². The molecule has 3 heterocycles. The van der Waals surface area contributed by atoms with E-state index in [-0.39, 0.29) is 61.5 Å². The number of piperazine rings is 1. The van der Waals surface area contributed by atoms with Crippen LogP contribution in [0.5, 0.6) is 0 Å². The lowest BCUT2D eigenvalue weighted by Crippen LogP contribution is -2.55. The molecule has 1 aromatic carbocycles. The van der Waals surface area contributed by atoms with Gasteiger partial charge in [0.1, 0.15) is 11.9 Å². The van der Waals surface area contributed by atoms with Crippen LogP contribution in [0.15, 0.2) is 30.3 Å². The Hall–Kier alpha value is -3.10. The molecule has 2 aliphatic heterocycles. The smallest absolute Gasteiger partial charge is 0.408 e. The summed E-state index contributed by atoms with van der Waals surface area (Å²) in [7, 11) is 0. The highest BCUT2D eigenvalue weighted by Crippen LogP contribution is 2.48. The predicted molar refractivity (Wildman–Crippen MR) is 112 cm³/mol. The van der Waals surface area contributed by atoms with E-state index in [9.17, 15) is 23.1 Å². The van der Waals surface area contributed by atoms with Crippen LogP contribution in [0.1, 0.15) is 29.3 Å². The third-order valence-corrected chi connectivity index (χ3v) is 6.03. The largest absolute Gasteiger partial charge is 0.465 e. The van der Waals surface area contributed by atoms with Gasteiger partial charge in [-0.05, 0) is 17.2 Å². The van der Waals surface area contributed by atoms with Crippen LogP contribution in [-0.2, 0) is 13.1 Å². The number of halogens is 4. The number of alkyl halides is 3. The summed E-state index contributed by atoms with van der Waals surface area (Å²) in [5.41, 5.74) is 0.854. The van der Waals surface area contributed by atoms with Gasteiger partial charge in [0.25, 0.3) is 0 Å². The van der Waals surface area contributed by atoms with Crippen molar-refractivity contribution in [2.24, 2.45) is 0 Å². The summed E-state index contributed by atoms with van der Waals surface area (Å²) in [6.07, 6.45) is -5.86. The van der Waals surface area contributed by atoms with Gasteiger partial charge in [0, 0.05) is 38.3 Å². The molecule has 0 bridgehead atoms. The maximum atomic E-state index is 14.3. The molecule has 174 valence electrons. The van der Waals surface area contributed by atoms with Crippen molar-refractivity contribution in [2.75, 3.05) is 24.5 Å². The van der Waals surface area contributed by atoms with Crippen LogP contribution in [0.25, 0.3) is 0 Å². The number of nitriles is 1. The second-order valence-corrected chi connectivity index (χ2v) is 8.29. The number of rotatable bonds is 4. The Balaban J connectivity index is 1.72. The van der Waals surface area contributed by atoms with E-state index >= 15 is 0 Å². The molecule has 1 amide bonds. The number of anilines is 1. The third-order valence-electron chi connectivity index (χ3n) is 5.86. The molecular weight excluding hydrogens is 461 g/mol. The summed E-state index contributed by atoms with van der Waals surface area (Å²) in [5.74, 6) is 0.0378. The van der Waals surface area contributed by atoms with Crippen molar-refractivity contribution in [1.82, 2.24) is 19.8 Å². The molecule has 1 N–H and O–H groups in total. The zero-order chi connectivity index (χ0) is 23.8. The molecule has 0 aliphatic carbocycles. The van der Waals surface area contributed by atoms with E-state index in [1.54, 1.807) is 35.2 Å². The van der Waals surface area contributed by atoms with E-state index in [4.69, 9.17) is 16.9 Å². The molecule has 1 aromatic heterocycles. The molecule has 2 atom stereocenters. The number of benzene rings is 1. The van der Waals surface area contributed by atoms with E-state index < -0.39 is 24.4 Å². The second-order valence-electron chi connectivity index (χ2n) is 7.95. The standard InChI is InChI=1S/C21H20ClF3N6O2/c22-19-27-15-12-30(10-13-4-2-1-3-5-13)17(21(23,24)25)16(15)18(28-19)29-8-9-31(20(32)33)14(11-29)6-7-26/h1-5,14,17H,6,8-12H2,(H,32,33)/t14-,17?/m0/s1. The van der Waals surface area contributed by atoms with Crippen LogP contribution in [0.4, 0.5) is 23.8 Å². The Morgan fingerprint density at radius 1 is 1.24 bits per heavy atom. The zero-order valence-electron chi connectivity index (χ0n) is 17.3. The third kappa shape index (κ3) is 4.67. The summed E-state index contributed by atoms with van der Waals surface area (Å²) in [5, 5.41) is 18.3. The Labute approximate surface area is 192 Å². The van der Waals surface area contributed by atoms with Crippen LogP contribution in [0.2, 0.25) is 5.28 Å². The molecule has 0 saturated carbocycles. The fourth-order valence-corrected chi connectivity index (χ4v) is 4.68. The average molecular weight is 481 g/mol. The Kier molecular flexibility index (Phi) is 6.32.